The zero-order chi connectivity index (χ0) is 53.4. The molecule has 2 N–H and O–H groups in total. The number of H-pyrrole nitrogens is 2. The molecule has 0 atom stereocenters. The van der Waals surface area contributed by atoms with Gasteiger partial charge in [-0.25, -0.2) is 9.97 Å². The predicted molar refractivity (Wildman–Crippen MR) is 345 cm³/mol. The Morgan fingerprint density at radius 3 is 1.18 bits per heavy atom. The van der Waals surface area contributed by atoms with E-state index in [9.17, 15) is 0 Å². The van der Waals surface area contributed by atoms with E-state index in [2.05, 4.69) is 191 Å². The summed E-state index contributed by atoms with van der Waals surface area (Å²) in [5.41, 5.74) is 13.6. The van der Waals surface area contributed by atoms with Crippen molar-refractivity contribution in [2.75, 3.05) is 19.8 Å². The van der Waals surface area contributed by atoms with Gasteiger partial charge in [-0.15, -0.1) is 0 Å². The molecule has 0 aliphatic carbocycles. The normalized spacial score (nSPS) is 12.0. The molecular formula is C68H84I2N4O3. The number of hydrogen-bond acceptors (Lipinski definition) is 5. The lowest BCUT2D eigenvalue weighted by Crippen LogP contribution is -1.98. The number of nitrogens with one attached hydrogen (secondary N) is 2. The van der Waals surface area contributed by atoms with Gasteiger partial charge in [0.2, 0.25) is 0 Å². The van der Waals surface area contributed by atoms with Crippen LogP contribution in [-0.4, -0.2) is 39.8 Å². The van der Waals surface area contributed by atoms with Crippen LogP contribution in [0.15, 0.2) is 91.0 Å². The fraction of sp³-hybridized carbons (Fsp3) is 0.441. The van der Waals surface area contributed by atoms with Gasteiger partial charge >= 0.3 is 0 Å². The first-order chi connectivity index (χ1) is 37.9. The molecular weight excluding hydrogens is 1170 g/mol. The second-order valence-corrected chi connectivity index (χ2v) is 23.3. The van der Waals surface area contributed by atoms with Crippen molar-refractivity contribution in [1.82, 2.24) is 19.9 Å². The van der Waals surface area contributed by atoms with Crippen molar-refractivity contribution in [2.45, 2.75) is 175 Å². The highest BCUT2D eigenvalue weighted by molar-refractivity contribution is 14.1. The Labute approximate surface area is 488 Å². The molecule has 408 valence electrons. The van der Waals surface area contributed by atoms with E-state index >= 15 is 0 Å². The van der Waals surface area contributed by atoms with Crippen molar-refractivity contribution < 1.29 is 14.2 Å². The van der Waals surface area contributed by atoms with Crippen LogP contribution in [0, 0.1) is 7.14 Å². The molecule has 6 aromatic rings. The van der Waals surface area contributed by atoms with Gasteiger partial charge in [-0.3, -0.25) is 0 Å². The Bertz CT molecular complexity index is 3040. The van der Waals surface area contributed by atoms with Crippen LogP contribution >= 0.6 is 45.2 Å². The maximum absolute atomic E-state index is 6.51. The second-order valence-electron chi connectivity index (χ2n) is 21.1. The zero-order valence-corrected chi connectivity index (χ0v) is 50.8. The lowest BCUT2D eigenvalue weighted by molar-refractivity contribution is 0.304. The molecule has 0 unspecified atom stereocenters. The highest BCUT2D eigenvalue weighted by atomic mass is 127. The Hall–Kier alpha value is -4.88. The molecule has 3 aromatic carbocycles. The van der Waals surface area contributed by atoms with Gasteiger partial charge in [-0.1, -0.05) is 192 Å². The number of hydrogen-bond donors (Lipinski definition) is 2. The third-order valence-corrected chi connectivity index (χ3v) is 18.1. The Balaban J connectivity index is 1.19. The quantitative estimate of drug-likeness (QED) is 0.0316. The van der Waals surface area contributed by atoms with E-state index in [1.54, 1.807) is 0 Å². The Kier molecular flexibility index (Phi) is 23.9. The summed E-state index contributed by atoms with van der Waals surface area (Å²) in [7, 11) is 0. The van der Waals surface area contributed by atoms with Gasteiger partial charge in [0, 0.05) is 27.7 Å². The molecule has 0 amide bonds. The number of nitrogens with zero attached hydrogens (tertiary/aromatic N) is 2. The van der Waals surface area contributed by atoms with Crippen molar-refractivity contribution in [3.8, 4) is 50.6 Å². The highest BCUT2D eigenvalue weighted by Gasteiger charge is 2.20. The molecule has 0 radical (unpaired) electrons. The van der Waals surface area contributed by atoms with Gasteiger partial charge in [-0.2, -0.15) is 0 Å². The molecule has 2 aliphatic rings. The molecule has 0 saturated carbocycles. The van der Waals surface area contributed by atoms with Gasteiger partial charge in [0.05, 0.1) is 60.8 Å². The summed E-state index contributed by atoms with van der Waals surface area (Å²) < 4.78 is 21.7. The maximum Gasteiger partial charge on any atom is 0.119 e. The van der Waals surface area contributed by atoms with Crippen LogP contribution < -0.4 is 14.2 Å². The molecule has 9 heteroatoms. The number of ether oxygens (including phenoxy) is 3. The van der Waals surface area contributed by atoms with E-state index in [4.69, 9.17) is 24.2 Å². The molecule has 8 bridgehead atoms. The average Bonchev–Trinajstić information content (AvgIpc) is 4.28. The van der Waals surface area contributed by atoms with Gasteiger partial charge in [0.1, 0.15) is 17.2 Å². The van der Waals surface area contributed by atoms with Crippen molar-refractivity contribution in [2.24, 2.45) is 0 Å². The number of unbranched alkanes of at least 4 members (excludes halogenated alkanes) is 21. The molecule has 2 aliphatic heterocycles. The number of aromatic nitrogens is 4. The summed E-state index contributed by atoms with van der Waals surface area (Å²) in [6.07, 6.45) is 39.0. The summed E-state index contributed by atoms with van der Waals surface area (Å²) in [6.45, 7) is 8.94. The van der Waals surface area contributed by atoms with E-state index in [0.29, 0.717) is 19.8 Å². The zero-order valence-electron chi connectivity index (χ0n) is 46.4. The van der Waals surface area contributed by atoms with E-state index < -0.39 is 0 Å². The largest absolute Gasteiger partial charge is 0.494 e. The minimum atomic E-state index is 0.696. The first kappa shape index (κ1) is 58.3. The summed E-state index contributed by atoms with van der Waals surface area (Å²) in [6, 6.07) is 32.2. The minimum absolute atomic E-state index is 0.696. The third-order valence-electron chi connectivity index (χ3n) is 14.9. The number of rotatable bonds is 33. The fourth-order valence-corrected chi connectivity index (χ4v) is 11.9. The molecule has 3 aromatic heterocycles. The number of benzene rings is 3. The number of halogens is 2. The smallest absolute Gasteiger partial charge is 0.119 e. The van der Waals surface area contributed by atoms with Crippen molar-refractivity contribution in [1.29, 1.82) is 0 Å². The highest BCUT2D eigenvalue weighted by Crippen LogP contribution is 2.40. The lowest BCUT2D eigenvalue weighted by atomic mass is 10.0. The van der Waals surface area contributed by atoms with Crippen LogP contribution in [0.1, 0.15) is 198 Å². The average molecular weight is 1260 g/mol. The third kappa shape index (κ3) is 17.1. The first-order valence-electron chi connectivity index (χ1n) is 29.6. The van der Waals surface area contributed by atoms with Gasteiger partial charge in [0.15, 0.2) is 0 Å². The molecule has 8 rings (SSSR count). The van der Waals surface area contributed by atoms with Crippen molar-refractivity contribution in [3.63, 3.8) is 0 Å². The van der Waals surface area contributed by atoms with E-state index in [-0.39, 0.29) is 0 Å². The monoisotopic (exact) mass is 1260 g/mol. The Morgan fingerprint density at radius 2 is 0.740 bits per heavy atom. The molecule has 77 heavy (non-hydrogen) atoms. The summed E-state index contributed by atoms with van der Waals surface area (Å²) >= 11 is 5.00. The minimum Gasteiger partial charge on any atom is -0.494 e. The van der Waals surface area contributed by atoms with Crippen LogP contribution in [-0.2, 0) is 0 Å². The summed E-state index contributed by atoms with van der Waals surface area (Å²) in [4.78, 5) is 18.8. The number of fused-ring (bicyclic) bond motifs is 8. The van der Waals surface area contributed by atoms with Crippen LogP contribution in [0.25, 0.3) is 79.8 Å². The van der Waals surface area contributed by atoms with E-state index in [1.165, 1.54) is 135 Å². The fourth-order valence-electron chi connectivity index (χ4n) is 10.6. The maximum atomic E-state index is 6.51. The van der Waals surface area contributed by atoms with Crippen molar-refractivity contribution >= 4 is 91.6 Å². The molecule has 0 saturated heterocycles. The van der Waals surface area contributed by atoms with Crippen LogP contribution in [0.2, 0.25) is 0 Å². The van der Waals surface area contributed by atoms with Crippen LogP contribution in [0.4, 0.5) is 0 Å². The number of aromatic amines is 2. The standard InChI is InChI=1S/C68H84I2N4O3/c1-4-7-10-13-16-19-22-25-43-75-54-34-28-31-50(46-54)63-57-38-37-53(71-57)49-62-66(69)67(70)68(74-62)65(52-33-30-36-56(48-52)77-45-27-24-21-18-15-12-9-6-3)61-42-41-60(73-61)64(59-40-39-58(63)72-59)51-32-29-35-55(47-51)76-44-26-23-20-17-14-11-8-5-2/h28-42,46-49,72,74H,4-27,43-45H2,1-3H3. The molecule has 5 heterocycles. The van der Waals surface area contributed by atoms with Crippen LogP contribution in [0.3, 0.4) is 0 Å². The second kappa shape index (κ2) is 31.6. The van der Waals surface area contributed by atoms with Crippen LogP contribution in [0.5, 0.6) is 17.2 Å². The Morgan fingerprint density at radius 1 is 0.364 bits per heavy atom. The van der Waals surface area contributed by atoms with Gasteiger partial charge in [-0.05, 0) is 160 Å². The summed E-state index contributed by atoms with van der Waals surface area (Å²) in [5.74, 6) is 2.61. The topological polar surface area (TPSA) is 85.1 Å². The van der Waals surface area contributed by atoms with E-state index in [1.807, 2.05) is 0 Å². The van der Waals surface area contributed by atoms with E-state index in [0.717, 1.165) is 122 Å². The van der Waals surface area contributed by atoms with Gasteiger partial charge in [0.25, 0.3) is 0 Å². The summed E-state index contributed by atoms with van der Waals surface area (Å²) in [5, 5.41) is 0. The van der Waals surface area contributed by atoms with Crippen molar-refractivity contribution in [3.05, 3.63) is 121 Å². The first-order valence-corrected chi connectivity index (χ1v) is 31.8. The molecule has 0 spiro atoms. The lowest BCUT2D eigenvalue weighted by Gasteiger charge is -2.10. The molecule has 7 nitrogen and oxygen atoms in total. The molecule has 0 fully saturated rings. The SMILES string of the molecule is CCCCCCCCCCOc1cccc(-c2c3nc(cc4[nH]c(c(I)c4I)c(-c4cccc(OCCCCCCCCCC)c4)c4nc(c(-c5cccc(OCCCCCCCCCC)c5)c5ccc2[nH]5)C=C4)C=C3)c1. The van der Waals surface area contributed by atoms with Gasteiger partial charge < -0.3 is 24.2 Å². The predicted octanol–water partition coefficient (Wildman–Crippen LogP) is 21.4.